The van der Waals surface area contributed by atoms with Crippen LogP contribution in [0.4, 0.5) is 5.69 Å². The first-order valence-electron chi connectivity index (χ1n) is 10.5. The van der Waals surface area contributed by atoms with E-state index in [4.69, 9.17) is 9.47 Å². The average molecular weight is 422 g/mol. The van der Waals surface area contributed by atoms with Crippen molar-refractivity contribution in [3.63, 3.8) is 0 Å². The zero-order valence-corrected chi connectivity index (χ0v) is 17.5. The number of hydrogen-bond donors (Lipinski definition) is 2. The molecule has 7 nitrogen and oxygen atoms in total. The maximum Gasteiger partial charge on any atom is 0.259 e. The summed E-state index contributed by atoms with van der Waals surface area (Å²) < 4.78 is 12.5. The van der Waals surface area contributed by atoms with Gasteiger partial charge in [0.25, 0.3) is 11.5 Å². The number of carbonyl (C=O) groups excluding carboxylic acids is 1. The Bertz CT molecular complexity index is 1150. The lowest BCUT2D eigenvalue weighted by atomic mass is 10.00. The van der Waals surface area contributed by atoms with Crippen LogP contribution in [0.5, 0.6) is 11.5 Å². The van der Waals surface area contributed by atoms with Crippen molar-refractivity contribution in [2.45, 2.75) is 26.3 Å². The van der Waals surface area contributed by atoms with Crippen LogP contribution in [0, 0.1) is 5.92 Å². The molecule has 0 aliphatic carbocycles. The highest BCUT2D eigenvalue weighted by Gasteiger charge is 2.17. The first-order valence-corrected chi connectivity index (χ1v) is 10.5. The molecule has 7 heteroatoms. The number of carbonyl (C=O) groups is 1. The Morgan fingerprint density at radius 2 is 2.00 bits per heavy atom. The van der Waals surface area contributed by atoms with Crippen LogP contribution < -0.4 is 15.6 Å². The van der Waals surface area contributed by atoms with E-state index < -0.39 is 5.91 Å². The highest BCUT2D eigenvalue weighted by molar-refractivity contribution is 6.10. The number of fused-ring (bicyclic) bond motifs is 1. The second kappa shape index (κ2) is 9.22. The number of ether oxygens (including phenoxy) is 2. The van der Waals surface area contributed by atoms with E-state index in [-0.39, 0.29) is 16.9 Å². The fourth-order valence-corrected chi connectivity index (χ4v) is 3.93. The summed E-state index contributed by atoms with van der Waals surface area (Å²) in [5.74, 6) is 0.295. The van der Waals surface area contributed by atoms with Crippen molar-refractivity contribution >= 4 is 22.4 Å². The first-order chi connectivity index (χ1) is 15.1. The van der Waals surface area contributed by atoms with Gasteiger partial charge in [0.15, 0.2) is 0 Å². The number of phenolic OH excluding ortho intramolecular Hbond substituents is 1. The van der Waals surface area contributed by atoms with E-state index in [0.717, 1.165) is 26.1 Å². The Hall–Kier alpha value is -3.32. The Morgan fingerprint density at radius 1 is 1.19 bits per heavy atom. The summed E-state index contributed by atoms with van der Waals surface area (Å²) in [6, 6.07) is 11.7. The lowest BCUT2D eigenvalue weighted by Gasteiger charge is -2.23. The van der Waals surface area contributed by atoms with E-state index in [2.05, 4.69) is 5.32 Å². The number of rotatable bonds is 6. The van der Waals surface area contributed by atoms with Gasteiger partial charge in [-0.25, -0.2) is 0 Å². The van der Waals surface area contributed by atoms with Gasteiger partial charge in [0, 0.05) is 48.5 Å². The normalized spacial score (nSPS) is 14.5. The van der Waals surface area contributed by atoms with Crippen LogP contribution in [-0.2, 0) is 11.3 Å². The van der Waals surface area contributed by atoms with Crippen molar-refractivity contribution in [2.24, 2.45) is 5.92 Å². The molecule has 0 unspecified atom stereocenters. The maximum atomic E-state index is 13.0. The van der Waals surface area contributed by atoms with E-state index in [0.29, 0.717) is 41.3 Å². The summed E-state index contributed by atoms with van der Waals surface area (Å²) >= 11 is 0. The predicted molar refractivity (Wildman–Crippen MR) is 119 cm³/mol. The van der Waals surface area contributed by atoms with Gasteiger partial charge in [0.05, 0.1) is 12.2 Å². The molecule has 0 spiro atoms. The zero-order chi connectivity index (χ0) is 21.8. The average Bonchev–Trinajstić information content (AvgIpc) is 2.77. The van der Waals surface area contributed by atoms with E-state index in [1.54, 1.807) is 35.0 Å². The van der Waals surface area contributed by atoms with Crippen LogP contribution in [-0.4, -0.2) is 35.4 Å². The van der Waals surface area contributed by atoms with Gasteiger partial charge in [0.1, 0.15) is 11.5 Å². The first kappa shape index (κ1) is 20.9. The molecule has 31 heavy (non-hydrogen) atoms. The van der Waals surface area contributed by atoms with Gasteiger partial charge in [-0.1, -0.05) is 6.07 Å². The molecule has 2 heterocycles. The minimum absolute atomic E-state index is 0.0796. The predicted octanol–water partition coefficient (Wildman–Crippen LogP) is 3.78. The van der Waals surface area contributed by atoms with Crippen molar-refractivity contribution in [1.82, 2.24) is 4.57 Å². The molecule has 1 aromatic heterocycles. The molecule has 1 saturated heterocycles. The Labute approximate surface area is 180 Å². The Balaban J connectivity index is 1.59. The van der Waals surface area contributed by atoms with Crippen LogP contribution in [0.2, 0.25) is 0 Å². The summed E-state index contributed by atoms with van der Waals surface area (Å²) in [7, 11) is 0. The van der Waals surface area contributed by atoms with Gasteiger partial charge in [-0.3, -0.25) is 9.59 Å². The number of aromatic hydroxyl groups is 1. The van der Waals surface area contributed by atoms with Gasteiger partial charge in [-0.15, -0.1) is 0 Å². The SMILES string of the molecule is CCOc1ccc(C(=O)Nc2cccc3c(=O)n(CC4CCOCC4)ccc23)c(O)c1. The molecule has 4 rings (SSSR count). The van der Waals surface area contributed by atoms with Crippen LogP contribution in [0.15, 0.2) is 53.5 Å². The topological polar surface area (TPSA) is 89.8 Å². The Kier molecular flexibility index (Phi) is 6.23. The molecule has 1 aliphatic rings. The van der Waals surface area contributed by atoms with Crippen LogP contribution in [0.1, 0.15) is 30.1 Å². The highest BCUT2D eigenvalue weighted by Crippen LogP contribution is 2.27. The largest absolute Gasteiger partial charge is 0.507 e. The fraction of sp³-hybridized carbons (Fsp3) is 0.333. The molecule has 1 amide bonds. The maximum absolute atomic E-state index is 13.0. The molecule has 1 fully saturated rings. The van der Waals surface area contributed by atoms with Crippen molar-refractivity contribution in [3.8, 4) is 11.5 Å². The quantitative estimate of drug-likeness (QED) is 0.631. The van der Waals surface area contributed by atoms with Crippen molar-refractivity contribution in [1.29, 1.82) is 0 Å². The Morgan fingerprint density at radius 3 is 2.74 bits per heavy atom. The summed E-state index contributed by atoms with van der Waals surface area (Å²) in [4.78, 5) is 25.8. The number of anilines is 1. The molecular weight excluding hydrogens is 396 g/mol. The third kappa shape index (κ3) is 4.56. The van der Waals surface area contributed by atoms with Crippen LogP contribution in [0.3, 0.4) is 0 Å². The molecule has 3 aromatic rings. The van der Waals surface area contributed by atoms with Gasteiger partial charge in [0.2, 0.25) is 0 Å². The number of amides is 1. The standard InChI is InChI=1S/C24H26N2O5/c1-2-31-17-6-7-20(22(27)14-17)23(28)25-21-5-3-4-19-18(21)8-11-26(24(19)29)15-16-9-12-30-13-10-16/h3-8,11,14,16,27H,2,9-10,12-13,15H2,1H3,(H,25,28). The number of aromatic nitrogens is 1. The smallest absolute Gasteiger partial charge is 0.259 e. The molecule has 0 radical (unpaired) electrons. The molecule has 2 aromatic carbocycles. The third-order valence-corrected chi connectivity index (χ3v) is 5.59. The summed E-state index contributed by atoms with van der Waals surface area (Å²) in [6.45, 7) is 4.45. The van der Waals surface area contributed by atoms with E-state index in [9.17, 15) is 14.7 Å². The third-order valence-electron chi connectivity index (χ3n) is 5.59. The summed E-state index contributed by atoms with van der Waals surface area (Å²) in [5.41, 5.74) is 0.573. The molecule has 2 N–H and O–H groups in total. The molecule has 0 bridgehead atoms. The number of nitrogens with zero attached hydrogens (tertiary/aromatic N) is 1. The number of benzene rings is 2. The number of pyridine rings is 1. The van der Waals surface area contributed by atoms with Gasteiger partial charge in [-0.2, -0.15) is 0 Å². The number of hydrogen-bond acceptors (Lipinski definition) is 5. The zero-order valence-electron chi connectivity index (χ0n) is 17.5. The van der Waals surface area contributed by atoms with Crippen LogP contribution in [0.25, 0.3) is 10.8 Å². The molecule has 162 valence electrons. The van der Waals surface area contributed by atoms with E-state index >= 15 is 0 Å². The van der Waals surface area contributed by atoms with E-state index in [1.807, 2.05) is 13.0 Å². The number of phenols is 1. The molecule has 0 atom stereocenters. The lowest BCUT2D eigenvalue weighted by molar-refractivity contribution is 0.0610. The number of nitrogens with one attached hydrogen (secondary N) is 1. The lowest BCUT2D eigenvalue weighted by Crippen LogP contribution is -2.27. The molecule has 1 aliphatic heterocycles. The monoisotopic (exact) mass is 422 g/mol. The molecule has 0 saturated carbocycles. The summed E-state index contributed by atoms with van der Waals surface area (Å²) in [6.07, 6.45) is 3.68. The van der Waals surface area contributed by atoms with Crippen molar-refractivity contribution in [3.05, 3.63) is 64.6 Å². The summed E-state index contributed by atoms with van der Waals surface area (Å²) in [5, 5.41) is 14.2. The molecular formula is C24H26N2O5. The second-order valence-electron chi connectivity index (χ2n) is 7.66. The fourth-order valence-electron chi connectivity index (χ4n) is 3.93. The second-order valence-corrected chi connectivity index (χ2v) is 7.66. The minimum atomic E-state index is -0.459. The van der Waals surface area contributed by atoms with E-state index in [1.165, 1.54) is 12.1 Å². The van der Waals surface area contributed by atoms with Crippen molar-refractivity contribution in [2.75, 3.05) is 25.1 Å². The minimum Gasteiger partial charge on any atom is -0.507 e. The van der Waals surface area contributed by atoms with Crippen molar-refractivity contribution < 1.29 is 19.4 Å². The van der Waals surface area contributed by atoms with Gasteiger partial charge < -0.3 is 24.5 Å². The van der Waals surface area contributed by atoms with Crippen LogP contribution >= 0.6 is 0 Å². The van der Waals surface area contributed by atoms with Gasteiger partial charge >= 0.3 is 0 Å². The highest BCUT2D eigenvalue weighted by atomic mass is 16.5. The van der Waals surface area contributed by atoms with Gasteiger partial charge in [-0.05, 0) is 56.0 Å².